The Kier molecular flexibility index (Phi) is 5.62. The molecular formula is C19H31BrOSi. The van der Waals surface area contributed by atoms with Crippen molar-refractivity contribution in [1.29, 1.82) is 0 Å². The first-order valence-corrected chi connectivity index (χ1v) is 12.4. The molecule has 0 aliphatic heterocycles. The SMILES string of the molecule is CC(C)(C)[Si](C)(C)OC1(C(Br)c2ccccc2)CCCCC1. The number of alkyl halides is 1. The molecule has 0 bridgehead atoms. The zero-order chi connectivity index (χ0) is 16.4. The van der Waals surface area contributed by atoms with Gasteiger partial charge in [0.15, 0.2) is 8.32 Å². The van der Waals surface area contributed by atoms with Crippen LogP contribution in [0.1, 0.15) is 63.3 Å². The molecule has 0 amide bonds. The molecule has 0 heterocycles. The monoisotopic (exact) mass is 382 g/mol. The van der Waals surface area contributed by atoms with Gasteiger partial charge in [0.2, 0.25) is 0 Å². The smallest absolute Gasteiger partial charge is 0.192 e. The van der Waals surface area contributed by atoms with Crippen molar-refractivity contribution < 1.29 is 4.43 Å². The van der Waals surface area contributed by atoms with E-state index in [9.17, 15) is 0 Å². The van der Waals surface area contributed by atoms with Gasteiger partial charge in [0, 0.05) is 0 Å². The van der Waals surface area contributed by atoms with Crippen molar-refractivity contribution in [3.63, 3.8) is 0 Å². The van der Waals surface area contributed by atoms with E-state index in [0.29, 0.717) is 0 Å². The van der Waals surface area contributed by atoms with E-state index in [1.54, 1.807) is 0 Å². The molecule has 1 aliphatic rings. The van der Waals surface area contributed by atoms with Gasteiger partial charge in [-0.15, -0.1) is 0 Å². The van der Waals surface area contributed by atoms with Crippen molar-refractivity contribution in [2.24, 2.45) is 0 Å². The van der Waals surface area contributed by atoms with Gasteiger partial charge in [-0.2, -0.15) is 0 Å². The minimum Gasteiger partial charge on any atom is -0.410 e. The van der Waals surface area contributed by atoms with E-state index in [0.717, 1.165) is 0 Å². The van der Waals surface area contributed by atoms with E-state index in [2.05, 4.69) is 80.1 Å². The zero-order valence-corrected chi connectivity index (χ0v) is 17.4. The summed E-state index contributed by atoms with van der Waals surface area (Å²) in [6.45, 7) is 11.8. The van der Waals surface area contributed by atoms with E-state index in [1.165, 1.54) is 37.7 Å². The van der Waals surface area contributed by atoms with Crippen LogP contribution >= 0.6 is 15.9 Å². The van der Waals surface area contributed by atoms with E-state index >= 15 is 0 Å². The lowest BCUT2D eigenvalue weighted by Gasteiger charge is -2.49. The van der Waals surface area contributed by atoms with Gasteiger partial charge in [-0.1, -0.05) is 86.3 Å². The molecule has 0 N–H and O–H groups in total. The molecular weight excluding hydrogens is 352 g/mol. The average Bonchev–Trinajstić information content (AvgIpc) is 2.46. The third-order valence-corrected chi connectivity index (χ3v) is 11.4. The molecule has 1 atom stereocenters. The lowest BCUT2D eigenvalue weighted by atomic mass is 9.80. The van der Waals surface area contributed by atoms with Crippen molar-refractivity contribution in [3.05, 3.63) is 35.9 Å². The fourth-order valence-electron chi connectivity index (χ4n) is 3.14. The van der Waals surface area contributed by atoms with Crippen LogP contribution in [0.4, 0.5) is 0 Å². The highest BCUT2D eigenvalue weighted by Crippen LogP contribution is 2.50. The van der Waals surface area contributed by atoms with Crippen molar-refractivity contribution in [2.75, 3.05) is 0 Å². The van der Waals surface area contributed by atoms with Gasteiger partial charge < -0.3 is 4.43 Å². The molecule has 1 fully saturated rings. The van der Waals surface area contributed by atoms with Crippen LogP contribution in [0, 0.1) is 0 Å². The molecule has 0 radical (unpaired) electrons. The minimum absolute atomic E-state index is 0.0391. The quantitative estimate of drug-likeness (QED) is 0.408. The minimum atomic E-state index is -1.79. The second kappa shape index (κ2) is 6.78. The molecule has 0 spiro atoms. The molecule has 1 aromatic rings. The summed E-state index contributed by atoms with van der Waals surface area (Å²) in [6.07, 6.45) is 6.25. The maximum absolute atomic E-state index is 7.04. The number of hydrogen-bond donors (Lipinski definition) is 0. The van der Waals surface area contributed by atoms with E-state index in [4.69, 9.17) is 4.43 Å². The van der Waals surface area contributed by atoms with Crippen LogP contribution in [-0.4, -0.2) is 13.9 Å². The Labute approximate surface area is 146 Å². The molecule has 2 rings (SSSR count). The molecule has 1 unspecified atom stereocenters. The summed E-state index contributed by atoms with van der Waals surface area (Å²) < 4.78 is 7.04. The van der Waals surface area contributed by atoms with Crippen LogP contribution in [0.15, 0.2) is 30.3 Å². The largest absolute Gasteiger partial charge is 0.410 e. The highest BCUT2D eigenvalue weighted by molar-refractivity contribution is 9.09. The molecule has 1 saturated carbocycles. The predicted octanol–water partition coefficient (Wildman–Crippen LogP) is 6.85. The van der Waals surface area contributed by atoms with Gasteiger partial charge in [-0.3, -0.25) is 0 Å². The van der Waals surface area contributed by atoms with E-state index < -0.39 is 8.32 Å². The van der Waals surface area contributed by atoms with Crippen LogP contribution in [0.5, 0.6) is 0 Å². The van der Waals surface area contributed by atoms with Crippen molar-refractivity contribution in [1.82, 2.24) is 0 Å². The first-order chi connectivity index (χ1) is 10.2. The fourth-order valence-corrected chi connectivity index (χ4v) is 5.82. The number of hydrogen-bond acceptors (Lipinski definition) is 1. The second-order valence-electron chi connectivity index (χ2n) is 8.26. The van der Waals surface area contributed by atoms with Crippen LogP contribution < -0.4 is 0 Å². The first kappa shape index (κ1) is 18.2. The van der Waals surface area contributed by atoms with Crippen LogP contribution in [0.25, 0.3) is 0 Å². The molecule has 0 saturated heterocycles. The van der Waals surface area contributed by atoms with Crippen molar-refractivity contribution in [3.8, 4) is 0 Å². The number of halogens is 1. The zero-order valence-electron chi connectivity index (χ0n) is 14.8. The Hall–Kier alpha value is -0.123. The summed E-state index contributed by atoms with van der Waals surface area (Å²) in [5.74, 6) is 0. The Morgan fingerprint density at radius 2 is 1.59 bits per heavy atom. The third-order valence-electron chi connectivity index (χ3n) is 5.52. The van der Waals surface area contributed by atoms with Crippen molar-refractivity contribution >= 4 is 24.2 Å². The number of rotatable bonds is 4. The average molecular weight is 383 g/mol. The molecule has 3 heteroatoms. The summed E-state index contributed by atoms with van der Waals surface area (Å²) in [5.41, 5.74) is 1.31. The van der Waals surface area contributed by atoms with E-state index in [1.807, 2.05) is 0 Å². The summed E-state index contributed by atoms with van der Waals surface area (Å²) in [6, 6.07) is 10.8. The van der Waals surface area contributed by atoms with Crippen LogP contribution in [-0.2, 0) is 4.43 Å². The Morgan fingerprint density at radius 1 is 1.05 bits per heavy atom. The highest BCUT2D eigenvalue weighted by Gasteiger charge is 2.48. The van der Waals surface area contributed by atoms with Gasteiger partial charge in [0.1, 0.15) is 0 Å². The number of benzene rings is 1. The lowest BCUT2D eigenvalue weighted by molar-refractivity contribution is 0.0157. The molecule has 1 aromatic carbocycles. The van der Waals surface area contributed by atoms with Crippen LogP contribution in [0.2, 0.25) is 18.1 Å². The van der Waals surface area contributed by atoms with Crippen molar-refractivity contribution in [2.45, 2.75) is 81.4 Å². The van der Waals surface area contributed by atoms with Gasteiger partial charge >= 0.3 is 0 Å². The van der Waals surface area contributed by atoms with E-state index in [-0.39, 0.29) is 15.5 Å². The van der Waals surface area contributed by atoms with Gasteiger partial charge in [-0.25, -0.2) is 0 Å². The summed E-state index contributed by atoms with van der Waals surface area (Å²) in [7, 11) is -1.79. The summed E-state index contributed by atoms with van der Waals surface area (Å²) in [5, 5.41) is 0.251. The maximum atomic E-state index is 7.04. The Morgan fingerprint density at radius 3 is 2.09 bits per heavy atom. The van der Waals surface area contributed by atoms with Gasteiger partial charge in [-0.05, 0) is 36.5 Å². The summed E-state index contributed by atoms with van der Waals surface area (Å²) >= 11 is 4.02. The normalized spacial score (nSPS) is 20.6. The molecule has 22 heavy (non-hydrogen) atoms. The molecule has 1 nitrogen and oxygen atoms in total. The Balaban J connectivity index is 2.32. The Bertz CT molecular complexity index is 472. The molecule has 0 aromatic heterocycles. The first-order valence-electron chi connectivity index (χ1n) is 8.57. The van der Waals surface area contributed by atoms with Crippen LogP contribution in [0.3, 0.4) is 0 Å². The van der Waals surface area contributed by atoms with Gasteiger partial charge in [0.25, 0.3) is 0 Å². The molecule has 1 aliphatic carbocycles. The second-order valence-corrected chi connectivity index (χ2v) is 13.9. The fraction of sp³-hybridized carbons (Fsp3) is 0.684. The highest BCUT2D eigenvalue weighted by atomic mass is 79.9. The predicted molar refractivity (Wildman–Crippen MR) is 102 cm³/mol. The third kappa shape index (κ3) is 3.85. The lowest BCUT2D eigenvalue weighted by Crippen LogP contribution is -2.52. The molecule has 124 valence electrons. The summed E-state index contributed by atoms with van der Waals surface area (Å²) in [4.78, 5) is 0.288. The maximum Gasteiger partial charge on any atom is 0.192 e. The topological polar surface area (TPSA) is 9.23 Å². The standard InChI is InChI=1S/C19H31BrOSi/c1-18(2,3)22(4,5)21-19(14-10-7-11-15-19)17(20)16-12-8-6-9-13-16/h6,8-9,12-13,17H,7,10-11,14-15H2,1-5H3. The van der Waals surface area contributed by atoms with Gasteiger partial charge in [0.05, 0.1) is 10.4 Å².